The number of anilines is 1. The fourth-order valence-electron chi connectivity index (χ4n) is 8.40. The summed E-state index contributed by atoms with van der Waals surface area (Å²) in [6, 6.07) is 47.5. The zero-order chi connectivity index (χ0) is 49.3. The normalized spacial score (nSPS) is 15.8. The Morgan fingerprint density at radius 2 is 1.44 bits per heavy atom. The van der Waals surface area contributed by atoms with Gasteiger partial charge in [0.1, 0.15) is 35.5 Å². The van der Waals surface area contributed by atoms with Crippen molar-refractivity contribution in [2.75, 3.05) is 24.7 Å². The van der Waals surface area contributed by atoms with E-state index < -0.39 is 52.0 Å². The van der Waals surface area contributed by atoms with E-state index in [2.05, 4.69) is 26.0 Å². The number of nitrogens with one attached hydrogen (secondary N) is 3. The lowest BCUT2D eigenvalue weighted by Crippen LogP contribution is -2.71. The van der Waals surface area contributed by atoms with Crippen molar-refractivity contribution in [3.05, 3.63) is 234 Å². The van der Waals surface area contributed by atoms with Crippen LogP contribution in [0.1, 0.15) is 39.6 Å². The molecule has 0 saturated carbocycles. The zero-order valence-corrected chi connectivity index (χ0v) is 40.4. The molecule has 2 unspecified atom stereocenters. The van der Waals surface area contributed by atoms with Crippen LogP contribution in [-0.4, -0.2) is 79.0 Å². The summed E-state index contributed by atoms with van der Waals surface area (Å²) in [4.78, 5) is 79.5. The first-order valence-electron chi connectivity index (χ1n) is 22.3. The Bertz CT molecular complexity index is 3110. The van der Waals surface area contributed by atoms with Crippen LogP contribution >= 0.6 is 34.9 Å². The van der Waals surface area contributed by atoms with E-state index in [4.69, 9.17) is 20.3 Å². The Morgan fingerprint density at radius 3 is 1.99 bits per heavy atom. The van der Waals surface area contributed by atoms with Crippen molar-refractivity contribution in [1.82, 2.24) is 30.0 Å². The van der Waals surface area contributed by atoms with Gasteiger partial charge in [0.05, 0.1) is 0 Å². The summed E-state index contributed by atoms with van der Waals surface area (Å²) >= 11 is 3.62. The third kappa shape index (κ3) is 9.98. The number of thiazole rings is 1. The smallest absolute Gasteiger partial charge is 0.356 e. The molecule has 0 aliphatic carbocycles. The van der Waals surface area contributed by atoms with E-state index in [1.54, 1.807) is 16.9 Å². The maximum absolute atomic E-state index is 14.7. The summed E-state index contributed by atoms with van der Waals surface area (Å²) in [6.07, 6.45) is 0.795. The van der Waals surface area contributed by atoms with Gasteiger partial charge in [-0.1, -0.05) is 169 Å². The average molecular weight is 1000 g/mol. The Balaban J connectivity index is 1.00. The molecule has 2 aliphatic rings. The lowest BCUT2D eigenvalue weighted by Gasteiger charge is -2.49. The first-order valence-corrected chi connectivity index (χ1v) is 25.1. The van der Waals surface area contributed by atoms with Crippen LogP contribution in [0, 0.1) is 0 Å². The number of hydrogen-bond donors (Lipinski definition) is 4. The van der Waals surface area contributed by atoms with Crippen LogP contribution in [0.25, 0.3) is 0 Å². The van der Waals surface area contributed by atoms with E-state index >= 15 is 0 Å². The molecule has 5 aromatic carbocycles. The average Bonchev–Trinajstić information content (AvgIpc) is 3.88. The number of benzene rings is 5. The second kappa shape index (κ2) is 21.8. The number of oxime groups is 1. The number of amides is 2. The van der Waals surface area contributed by atoms with E-state index in [-0.39, 0.29) is 41.1 Å². The first-order chi connectivity index (χ1) is 34.7. The van der Waals surface area contributed by atoms with Crippen molar-refractivity contribution < 1.29 is 24.0 Å². The highest BCUT2D eigenvalue weighted by Crippen LogP contribution is 2.43. The molecule has 2 amide bonds. The van der Waals surface area contributed by atoms with Crippen molar-refractivity contribution in [1.29, 1.82) is 0 Å². The van der Waals surface area contributed by atoms with Gasteiger partial charge < -0.3 is 25.9 Å². The van der Waals surface area contributed by atoms with Gasteiger partial charge in [-0.25, -0.2) is 14.9 Å². The largest absolute Gasteiger partial charge is 0.448 e. The van der Waals surface area contributed by atoms with Gasteiger partial charge in [-0.05, 0) is 44.9 Å². The van der Waals surface area contributed by atoms with Crippen LogP contribution < -0.4 is 27.5 Å². The second-order valence-corrected chi connectivity index (χ2v) is 18.8. The van der Waals surface area contributed by atoms with Crippen molar-refractivity contribution in [3.8, 4) is 0 Å². The maximum Gasteiger partial charge on any atom is 0.356 e. The second-order valence-electron chi connectivity index (χ2n) is 16.0. The molecule has 9 rings (SSSR count). The maximum atomic E-state index is 14.7. The lowest BCUT2D eigenvalue weighted by atomic mass is 9.77. The molecule has 358 valence electrons. The summed E-state index contributed by atoms with van der Waals surface area (Å²) in [5, 5.41) is 20.1. The number of fused-ring (bicyclic) bond motifs is 1. The summed E-state index contributed by atoms with van der Waals surface area (Å²) in [7, 11) is 1.32. The number of nitrogens with two attached hydrogens (primary N) is 1. The van der Waals surface area contributed by atoms with E-state index in [0.29, 0.717) is 21.8 Å². The van der Waals surface area contributed by atoms with Gasteiger partial charge in [-0.2, -0.15) is 0 Å². The molecule has 0 spiro atoms. The molecule has 2 aliphatic heterocycles. The van der Waals surface area contributed by atoms with Crippen LogP contribution in [0.2, 0.25) is 0 Å². The minimum Gasteiger partial charge on any atom is -0.448 e. The number of hydrogen-bond acceptors (Lipinski definition) is 15. The molecule has 19 heteroatoms. The molecule has 2 aromatic heterocycles. The summed E-state index contributed by atoms with van der Waals surface area (Å²) in [6.45, 7) is 0.133. The van der Waals surface area contributed by atoms with Crippen molar-refractivity contribution in [3.63, 3.8) is 0 Å². The Morgan fingerprint density at radius 1 is 0.873 bits per heavy atom. The minimum atomic E-state index is -1.08. The Labute approximate surface area is 419 Å². The van der Waals surface area contributed by atoms with E-state index in [1.165, 1.54) is 35.1 Å². The number of carbonyl (C=O) groups is 3. The number of carbonyl (C=O) groups excluding carboxylic acids is 3. The third-order valence-corrected chi connectivity index (χ3v) is 14.5. The number of allylic oxidation sites excluding steroid dienone is 1. The topological polar surface area (TPSA) is 216 Å². The number of aromatic amines is 1. The first kappa shape index (κ1) is 48.2. The number of esters is 1. The quantitative estimate of drug-likeness (QED) is 0.0140. The molecule has 2 atom stereocenters. The van der Waals surface area contributed by atoms with Crippen molar-refractivity contribution in [2.24, 2.45) is 10.9 Å². The van der Waals surface area contributed by atoms with Gasteiger partial charge in [0.15, 0.2) is 22.1 Å². The van der Waals surface area contributed by atoms with E-state index in [1.807, 2.05) is 152 Å². The summed E-state index contributed by atoms with van der Waals surface area (Å²) in [5.74, 6) is -1.85. The number of thioether (sulfide) groups is 2. The summed E-state index contributed by atoms with van der Waals surface area (Å²) in [5.41, 5.74) is 7.87. The van der Waals surface area contributed by atoms with Crippen molar-refractivity contribution >= 4 is 63.5 Å². The number of H-pyrrole nitrogens is 1. The van der Waals surface area contributed by atoms with Gasteiger partial charge in [0.2, 0.25) is 0 Å². The molecule has 71 heavy (non-hydrogen) atoms. The third-order valence-electron chi connectivity index (χ3n) is 11.7. The van der Waals surface area contributed by atoms with Gasteiger partial charge in [0.25, 0.3) is 11.8 Å². The van der Waals surface area contributed by atoms with Gasteiger partial charge >= 0.3 is 17.1 Å². The van der Waals surface area contributed by atoms with Gasteiger partial charge in [-0.15, -0.1) is 28.2 Å². The van der Waals surface area contributed by atoms with E-state index in [9.17, 15) is 24.0 Å². The molecule has 0 radical (unpaired) electrons. The Hall–Kier alpha value is -7.84. The number of β-lactam (4-membered cyclic amide) rings is 1. The summed E-state index contributed by atoms with van der Waals surface area (Å²) < 4.78 is 7.48. The fourth-order valence-corrected chi connectivity index (χ4v) is 11.2. The molecule has 1 fully saturated rings. The zero-order valence-electron chi connectivity index (χ0n) is 37.9. The Kier molecular flexibility index (Phi) is 14.8. The van der Waals surface area contributed by atoms with Crippen LogP contribution in [0.4, 0.5) is 5.13 Å². The molecule has 5 N–H and O–H groups in total. The van der Waals surface area contributed by atoms with Crippen LogP contribution in [0.3, 0.4) is 0 Å². The van der Waals surface area contributed by atoms with E-state index in [0.717, 1.165) is 33.0 Å². The SMILES string of the molecule is CON=C(C(=O)NC1C(=O)N2C(C(=O)OC(c3ccccc3)c3ccccc3)=C(C=CSc3n[nH]c(=O)c(=O)n3CCN)CSC12)c1csc(NC(c2ccccc2)(c2ccccc2)c2ccccc2)n1. The predicted molar refractivity (Wildman–Crippen MR) is 275 cm³/mol. The van der Waals surface area contributed by atoms with Gasteiger partial charge in [-0.3, -0.25) is 28.6 Å². The highest BCUT2D eigenvalue weighted by molar-refractivity contribution is 8.02. The molecule has 16 nitrogen and oxygen atoms in total. The molecule has 0 bridgehead atoms. The minimum absolute atomic E-state index is 0.0218. The highest BCUT2D eigenvalue weighted by Gasteiger charge is 2.55. The molecule has 1 saturated heterocycles. The standard InChI is InChI=1S/C52H45N9O7S3/c1-67-59-40(39-32-71-50(54-39)56-52(36-21-11-4-12-22-36,37-23-13-5-14-24-37)38-25-15-6-16-26-38)44(62)55-41-46(64)61-42(49(66)68-43(33-17-7-2-8-18-33)34-19-9-3-10-20-34)35(31-70-48(41)61)27-30-69-51-58-57-45(63)47(65)60(51)29-28-53/h2-27,30,32,41,43,48H,28-29,31,53H2,1H3,(H,54,56)(H,55,62)(H,57,63). The van der Waals surface area contributed by atoms with Crippen LogP contribution in [-0.2, 0) is 36.0 Å². The lowest BCUT2D eigenvalue weighted by molar-refractivity contribution is -0.154. The van der Waals surface area contributed by atoms with Crippen molar-refractivity contribution in [2.45, 2.75) is 34.8 Å². The predicted octanol–water partition coefficient (Wildman–Crippen LogP) is 6.39. The van der Waals surface area contributed by atoms with Crippen LogP contribution in [0.15, 0.2) is 200 Å². The van der Waals surface area contributed by atoms with Gasteiger partial charge in [0, 0.05) is 24.2 Å². The number of nitrogens with zero attached hydrogens (tertiary/aromatic N) is 5. The monoisotopic (exact) mass is 1000 g/mol. The molecule has 4 heterocycles. The molecule has 7 aromatic rings. The fraction of sp³-hybridized carbons (Fsp3) is 0.154. The molecular weight excluding hydrogens is 959 g/mol. The number of ether oxygens (including phenoxy) is 1. The van der Waals surface area contributed by atoms with Crippen LogP contribution in [0.5, 0.6) is 0 Å². The number of rotatable bonds is 18. The number of aromatic nitrogens is 4. The molecular formula is C52H45N9O7S3. The highest BCUT2D eigenvalue weighted by atomic mass is 32.2.